The largest absolute Gasteiger partial charge is 0.476 e. The quantitative estimate of drug-likeness (QED) is 0.839. The van der Waals surface area contributed by atoms with Gasteiger partial charge in [-0.05, 0) is 19.2 Å². The minimum atomic E-state index is 0.646. The predicted octanol–water partition coefficient (Wildman–Crippen LogP) is 1.28. The van der Waals surface area contributed by atoms with Crippen LogP contribution < -0.4 is 14.8 Å². The van der Waals surface area contributed by atoms with E-state index >= 15 is 0 Å². The molecule has 0 saturated heterocycles. The van der Waals surface area contributed by atoms with Gasteiger partial charge >= 0.3 is 0 Å². The highest BCUT2D eigenvalue weighted by Gasteiger charge is 2.11. The molecule has 19 heavy (non-hydrogen) atoms. The van der Waals surface area contributed by atoms with Crippen LogP contribution in [0, 0.1) is 0 Å². The summed E-state index contributed by atoms with van der Waals surface area (Å²) in [6.45, 7) is 10.3. The maximum Gasteiger partial charge on any atom is 0.221 e. The van der Waals surface area contributed by atoms with E-state index < -0.39 is 0 Å². The van der Waals surface area contributed by atoms with Gasteiger partial charge in [-0.15, -0.1) is 0 Å². The van der Waals surface area contributed by atoms with E-state index in [4.69, 9.17) is 9.47 Å². The third-order valence-corrected chi connectivity index (χ3v) is 3.30. The van der Waals surface area contributed by atoms with Gasteiger partial charge in [-0.1, -0.05) is 13.8 Å². The van der Waals surface area contributed by atoms with E-state index in [2.05, 4.69) is 29.0 Å². The van der Waals surface area contributed by atoms with Crippen molar-refractivity contribution in [3.05, 3.63) is 17.7 Å². The van der Waals surface area contributed by atoms with Gasteiger partial charge in [-0.3, -0.25) is 0 Å². The topological polar surface area (TPSA) is 46.6 Å². The van der Waals surface area contributed by atoms with E-state index in [1.54, 1.807) is 0 Å². The van der Waals surface area contributed by atoms with Crippen molar-refractivity contribution in [1.29, 1.82) is 0 Å². The van der Waals surface area contributed by atoms with E-state index in [-0.39, 0.29) is 0 Å². The number of ether oxygens (including phenoxy) is 2. The molecule has 0 atom stereocenters. The first kappa shape index (κ1) is 14.1. The van der Waals surface area contributed by atoms with Crippen LogP contribution in [0.3, 0.4) is 0 Å². The Morgan fingerprint density at radius 2 is 2.21 bits per heavy atom. The van der Waals surface area contributed by atoms with Gasteiger partial charge in [0.2, 0.25) is 11.8 Å². The lowest BCUT2D eigenvalue weighted by Gasteiger charge is -2.18. The Hall–Kier alpha value is -1.33. The third-order valence-electron chi connectivity index (χ3n) is 3.30. The summed E-state index contributed by atoms with van der Waals surface area (Å²) in [6, 6.07) is 3.94. The Balaban J connectivity index is 1.89. The molecule has 5 nitrogen and oxygen atoms in total. The standard InChI is InChI=1S/C14H23N3O2/c1-3-17(4-2)8-10-18-13-6-5-12-11-15-7-9-19-14(12)16-13/h5-6,15H,3-4,7-11H2,1-2H3. The van der Waals surface area contributed by atoms with Crippen molar-refractivity contribution in [3.8, 4) is 11.8 Å². The van der Waals surface area contributed by atoms with Gasteiger partial charge in [0, 0.05) is 31.3 Å². The maximum absolute atomic E-state index is 5.69. The Morgan fingerprint density at radius 3 is 3.00 bits per heavy atom. The summed E-state index contributed by atoms with van der Waals surface area (Å²) < 4.78 is 11.3. The lowest BCUT2D eigenvalue weighted by molar-refractivity contribution is 0.215. The molecule has 1 aliphatic heterocycles. The number of fused-ring (bicyclic) bond motifs is 1. The fraction of sp³-hybridized carbons (Fsp3) is 0.643. The van der Waals surface area contributed by atoms with Crippen LogP contribution in [-0.4, -0.2) is 49.3 Å². The van der Waals surface area contributed by atoms with Gasteiger partial charge in [0.1, 0.15) is 13.2 Å². The predicted molar refractivity (Wildman–Crippen MR) is 74.7 cm³/mol. The molecule has 0 radical (unpaired) electrons. The van der Waals surface area contributed by atoms with Crippen LogP contribution in [-0.2, 0) is 6.54 Å². The number of likely N-dealkylation sites (N-methyl/N-ethyl adjacent to an activating group) is 1. The Kier molecular flexibility index (Phi) is 5.42. The van der Waals surface area contributed by atoms with Crippen molar-refractivity contribution in [1.82, 2.24) is 15.2 Å². The van der Waals surface area contributed by atoms with Crippen LogP contribution in [0.25, 0.3) is 0 Å². The summed E-state index contributed by atoms with van der Waals surface area (Å²) in [5.74, 6) is 1.35. The van der Waals surface area contributed by atoms with Crippen molar-refractivity contribution in [2.75, 3.05) is 39.4 Å². The molecule has 5 heteroatoms. The summed E-state index contributed by atoms with van der Waals surface area (Å²) in [7, 11) is 0. The fourth-order valence-corrected chi connectivity index (χ4v) is 2.05. The SMILES string of the molecule is CCN(CC)CCOc1ccc2c(n1)OCCNC2. The number of rotatable bonds is 6. The van der Waals surface area contributed by atoms with Crippen LogP contribution >= 0.6 is 0 Å². The van der Waals surface area contributed by atoms with Gasteiger partial charge in [0.25, 0.3) is 0 Å². The van der Waals surface area contributed by atoms with E-state index in [0.29, 0.717) is 25.0 Å². The Morgan fingerprint density at radius 1 is 1.37 bits per heavy atom. The molecule has 1 aromatic rings. The van der Waals surface area contributed by atoms with Gasteiger partial charge in [-0.2, -0.15) is 4.98 Å². The molecule has 0 bridgehead atoms. The molecular weight excluding hydrogens is 242 g/mol. The van der Waals surface area contributed by atoms with Crippen molar-refractivity contribution in [2.24, 2.45) is 0 Å². The molecular formula is C14H23N3O2. The minimum absolute atomic E-state index is 0.646. The first-order valence-electron chi connectivity index (χ1n) is 7.02. The molecule has 1 aliphatic rings. The zero-order chi connectivity index (χ0) is 13.5. The second-order valence-corrected chi connectivity index (χ2v) is 4.51. The molecule has 0 saturated carbocycles. The average Bonchev–Trinajstić information content (AvgIpc) is 2.68. The summed E-state index contributed by atoms with van der Waals surface area (Å²) in [5, 5.41) is 3.28. The summed E-state index contributed by atoms with van der Waals surface area (Å²) >= 11 is 0. The fourth-order valence-electron chi connectivity index (χ4n) is 2.05. The summed E-state index contributed by atoms with van der Waals surface area (Å²) in [5.41, 5.74) is 1.09. The summed E-state index contributed by atoms with van der Waals surface area (Å²) in [6.07, 6.45) is 0. The zero-order valence-electron chi connectivity index (χ0n) is 11.8. The first-order valence-corrected chi connectivity index (χ1v) is 7.02. The average molecular weight is 265 g/mol. The maximum atomic E-state index is 5.69. The lowest BCUT2D eigenvalue weighted by Crippen LogP contribution is -2.28. The van der Waals surface area contributed by atoms with Crippen molar-refractivity contribution < 1.29 is 9.47 Å². The number of nitrogens with zero attached hydrogens (tertiary/aromatic N) is 2. The lowest BCUT2D eigenvalue weighted by atomic mass is 10.2. The van der Waals surface area contributed by atoms with Crippen LogP contribution in [0.4, 0.5) is 0 Å². The van der Waals surface area contributed by atoms with Crippen LogP contribution in [0.15, 0.2) is 12.1 Å². The van der Waals surface area contributed by atoms with Crippen molar-refractivity contribution in [2.45, 2.75) is 20.4 Å². The summed E-state index contributed by atoms with van der Waals surface area (Å²) in [4.78, 5) is 6.74. The third kappa shape index (κ3) is 4.08. The number of hydrogen-bond donors (Lipinski definition) is 1. The van der Waals surface area contributed by atoms with Gasteiger partial charge in [0.15, 0.2) is 0 Å². The molecule has 0 fully saturated rings. The number of hydrogen-bond acceptors (Lipinski definition) is 5. The van der Waals surface area contributed by atoms with Crippen LogP contribution in [0.1, 0.15) is 19.4 Å². The van der Waals surface area contributed by atoms with E-state index in [1.165, 1.54) is 0 Å². The second kappa shape index (κ2) is 7.31. The van der Waals surface area contributed by atoms with Crippen LogP contribution in [0.5, 0.6) is 11.8 Å². The molecule has 0 spiro atoms. The highest BCUT2D eigenvalue weighted by Crippen LogP contribution is 2.21. The zero-order valence-corrected chi connectivity index (χ0v) is 11.8. The van der Waals surface area contributed by atoms with Gasteiger partial charge in [0.05, 0.1) is 0 Å². The molecule has 0 unspecified atom stereocenters. The van der Waals surface area contributed by atoms with Crippen molar-refractivity contribution >= 4 is 0 Å². The van der Waals surface area contributed by atoms with Gasteiger partial charge in [-0.25, -0.2) is 0 Å². The molecule has 2 heterocycles. The molecule has 0 aromatic carbocycles. The smallest absolute Gasteiger partial charge is 0.221 e. The number of aromatic nitrogens is 1. The Labute approximate surface area is 114 Å². The molecule has 0 amide bonds. The van der Waals surface area contributed by atoms with E-state index in [9.17, 15) is 0 Å². The second-order valence-electron chi connectivity index (χ2n) is 4.51. The molecule has 1 aromatic heterocycles. The highest BCUT2D eigenvalue weighted by molar-refractivity contribution is 5.31. The number of nitrogens with one attached hydrogen (secondary N) is 1. The molecule has 2 rings (SSSR count). The number of pyridine rings is 1. The van der Waals surface area contributed by atoms with E-state index in [1.807, 2.05) is 12.1 Å². The first-order chi connectivity index (χ1) is 9.33. The normalized spacial score (nSPS) is 14.7. The highest BCUT2D eigenvalue weighted by atomic mass is 16.5. The minimum Gasteiger partial charge on any atom is -0.476 e. The van der Waals surface area contributed by atoms with Crippen molar-refractivity contribution in [3.63, 3.8) is 0 Å². The van der Waals surface area contributed by atoms with E-state index in [0.717, 1.165) is 38.3 Å². The Bertz CT molecular complexity index is 394. The molecule has 106 valence electrons. The van der Waals surface area contributed by atoms with Crippen LogP contribution in [0.2, 0.25) is 0 Å². The monoisotopic (exact) mass is 265 g/mol. The van der Waals surface area contributed by atoms with Gasteiger partial charge < -0.3 is 19.7 Å². The molecule has 1 N–H and O–H groups in total. The molecule has 0 aliphatic carbocycles.